The van der Waals surface area contributed by atoms with Gasteiger partial charge >= 0.3 is 11.9 Å². The molecule has 4 nitrogen and oxygen atoms in total. The number of carboxylic acids is 1. The lowest BCUT2D eigenvalue weighted by Gasteiger charge is -2.22. The van der Waals surface area contributed by atoms with Gasteiger partial charge < -0.3 is 9.84 Å². The number of carboxylic acid groups (broad SMARTS) is 1. The van der Waals surface area contributed by atoms with Gasteiger partial charge in [0.2, 0.25) is 0 Å². The van der Waals surface area contributed by atoms with Crippen molar-refractivity contribution in [1.82, 2.24) is 0 Å². The Bertz CT molecular complexity index is 290. The minimum absolute atomic E-state index is 0.187. The fourth-order valence-electron chi connectivity index (χ4n) is 1.29. The van der Waals surface area contributed by atoms with Crippen molar-refractivity contribution in [2.75, 3.05) is 6.61 Å². The number of aliphatic carboxylic acids is 1. The van der Waals surface area contributed by atoms with Crippen LogP contribution in [0.1, 0.15) is 39.5 Å². The van der Waals surface area contributed by atoms with Crippen LogP contribution >= 0.6 is 0 Å². The highest BCUT2D eigenvalue weighted by Crippen LogP contribution is 2.26. The predicted octanol–water partition coefficient (Wildman–Crippen LogP) is 1.83. The minimum atomic E-state index is -1.45. The average molecular weight is 226 g/mol. The van der Waals surface area contributed by atoms with Crippen LogP contribution in [0.4, 0.5) is 0 Å². The van der Waals surface area contributed by atoms with E-state index in [0.717, 1.165) is 6.42 Å². The number of unbranched alkanes of at least 4 members (excludes halogenated alkanes) is 2. The highest BCUT2D eigenvalue weighted by atomic mass is 16.5. The predicted molar refractivity (Wildman–Crippen MR) is 59.7 cm³/mol. The molecule has 0 heterocycles. The number of hydrogen-bond donors (Lipinski definition) is 1. The first kappa shape index (κ1) is 14.5. The van der Waals surface area contributed by atoms with E-state index in [-0.39, 0.29) is 13.0 Å². The van der Waals surface area contributed by atoms with Gasteiger partial charge in [-0.25, -0.2) is 0 Å². The van der Waals surface area contributed by atoms with E-state index in [1.165, 1.54) is 6.92 Å². The molecule has 0 saturated carbocycles. The van der Waals surface area contributed by atoms with Crippen LogP contribution in [-0.4, -0.2) is 23.7 Å². The van der Waals surface area contributed by atoms with Crippen LogP contribution in [0.2, 0.25) is 0 Å². The van der Waals surface area contributed by atoms with Gasteiger partial charge in [0.05, 0.1) is 6.61 Å². The summed E-state index contributed by atoms with van der Waals surface area (Å²) in [4.78, 5) is 22.6. The van der Waals surface area contributed by atoms with Crippen LogP contribution in [-0.2, 0) is 14.3 Å². The molecule has 0 saturated heterocycles. The maximum atomic E-state index is 11.5. The van der Waals surface area contributed by atoms with E-state index in [1.54, 1.807) is 6.92 Å². The molecule has 0 aromatic rings. The van der Waals surface area contributed by atoms with Gasteiger partial charge in [-0.3, -0.25) is 9.59 Å². The van der Waals surface area contributed by atoms with Crippen molar-refractivity contribution in [3.05, 3.63) is 0 Å². The Morgan fingerprint density at radius 2 is 2.06 bits per heavy atom. The van der Waals surface area contributed by atoms with E-state index in [2.05, 4.69) is 5.92 Å². The molecule has 0 aliphatic heterocycles. The summed E-state index contributed by atoms with van der Waals surface area (Å²) >= 11 is 0. The first-order chi connectivity index (χ1) is 7.49. The molecule has 1 unspecified atom stereocenters. The lowest BCUT2D eigenvalue weighted by Crippen LogP contribution is -2.38. The smallest absolute Gasteiger partial charge is 0.323 e. The molecule has 0 rings (SSSR count). The zero-order valence-electron chi connectivity index (χ0n) is 9.78. The fourth-order valence-corrected chi connectivity index (χ4v) is 1.29. The monoisotopic (exact) mass is 226 g/mol. The number of terminal acetylenes is 1. The fraction of sp³-hybridized carbons (Fsp3) is 0.667. The lowest BCUT2D eigenvalue weighted by atomic mass is 9.85. The van der Waals surface area contributed by atoms with Crippen LogP contribution in [0.3, 0.4) is 0 Å². The zero-order chi connectivity index (χ0) is 12.6. The van der Waals surface area contributed by atoms with Gasteiger partial charge in [0.1, 0.15) is 0 Å². The van der Waals surface area contributed by atoms with E-state index >= 15 is 0 Å². The quantitative estimate of drug-likeness (QED) is 0.311. The molecule has 0 spiro atoms. The first-order valence-electron chi connectivity index (χ1n) is 5.33. The SMILES string of the molecule is C#CCCCCC(C)(C(=O)O)C(=O)OCC. The number of carbonyl (C=O) groups is 2. The van der Waals surface area contributed by atoms with E-state index in [1.807, 2.05) is 0 Å². The highest BCUT2D eigenvalue weighted by Gasteiger charge is 2.42. The number of esters is 1. The van der Waals surface area contributed by atoms with Crippen LogP contribution in [0.15, 0.2) is 0 Å². The topological polar surface area (TPSA) is 63.6 Å². The Hall–Kier alpha value is -1.50. The van der Waals surface area contributed by atoms with Gasteiger partial charge in [-0.2, -0.15) is 0 Å². The van der Waals surface area contributed by atoms with Crippen LogP contribution < -0.4 is 0 Å². The molecule has 16 heavy (non-hydrogen) atoms. The third-order valence-electron chi connectivity index (χ3n) is 2.45. The van der Waals surface area contributed by atoms with Gasteiger partial charge in [0.15, 0.2) is 5.41 Å². The standard InChI is InChI=1S/C12H18O4/c1-4-6-7-8-9-12(3,10(13)14)11(15)16-5-2/h1H,5-9H2,2-3H3,(H,13,14). The molecule has 4 heteroatoms. The summed E-state index contributed by atoms with van der Waals surface area (Å²) in [6, 6.07) is 0. The summed E-state index contributed by atoms with van der Waals surface area (Å²) in [6.45, 7) is 3.23. The summed E-state index contributed by atoms with van der Waals surface area (Å²) in [6.07, 6.45) is 7.26. The Labute approximate surface area is 96.0 Å². The largest absolute Gasteiger partial charge is 0.480 e. The van der Waals surface area contributed by atoms with Gasteiger partial charge in [-0.1, -0.05) is 6.42 Å². The van der Waals surface area contributed by atoms with Crippen LogP contribution in [0.25, 0.3) is 0 Å². The molecule has 0 aromatic heterocycles. The van der Waals surface area contributed by atoms with Crippen molar-refractivity contribution < 1.29 is 19.4 Å². The molecule has 0 aliphatic rings. The van der Waals surface area contributed by atoms with Crippen molar-refractivity contribution in [2.45, 2.75) is 39.5 Å². The second kappa shape index (κ2) is 6.89. The zero-order valence-corrected chi connectivity index (χ0v) is 9.78. The van der Waals surface area contributed by atoms with E-state index < -0.39 is 17.4 Å². The van der Waals surface area contributed by atoms with Crippen LogP contribution in [0.5, 0.6) is 0 Å². The molecule has 0 amide bonds. The number of rotatable bonds is 7. The molecular weight excluding hydrogens is 208 g/mol. The number of ether oxygens (including phenoxy) is 1. The molecular formula is C12H18O4. The summed E-state index contributed by atoms with van der Waals surface area (Å²) in [5.41, 5.74) is -1.45. The Kier molecular flexibility index (Phi) is 6.24. The van der Waals surface area contributed by atoms with Crippen molar-refractivity contribution in [3.63, 3.8) is 0 Å². The molecule has 0 aliphatic carbocycles. The molecule has 1 N–H and O–H groups in total. The maximum Gasteiger partial charge on any atom is 0.323 e. The average Bonchev–Trinajstić information content (AvgIpc) is 2.24. The summed E-state index contributed by atoms with van der Waals surface area (Å²) in [7, 11) is 0. The molecule has 0 aromatic carbocycles. The molecule has 90 valence electrons. The van der Waals surface area contributed by atoms with Crippen molar-refractivity contribution >= 4 is 11.9 Å². The second-order valence-corrected chi connectivity index (χ2v) is 3.77. The normalized spacial score (nSPS) is 13.6. The Balaban J connectivity index is 4.41. The van der Waals surface area contributed by atoms with Gasteiger partial charge in [-0.05, 0) is 26.7 Å². The van der Waals surface area contributed by atoms with E-state index in [9.17, 15) is 9.59 Å². The molecule has 0 bridgehead atoms. The summed E-state index contributed by atoms with van der Waals surface area (Å²) in [5, 5.41) is 9.04. The minimum Gasteiger partial charge on any atom is -0.480 e. The molecule has 0 fully saturated rings. The molecule has 0 radical (unpaired) electrons. The van der Waals surface area contributed by atoms with Crippen molar-refractivity contribution in [1.29, 1.82) is 0 Å². The highest BCUT2D eigenvalue weighted by molar-refractivity contribution is 5.98. The van der Waals surface area contributed by atoms with Crippen molar-refractivity contribution in [3.8, 4) is 12.3 Å². The number of hydrogen-bond acceptors (Lipinski definition) is 3. The summed E-state index contributed by atoms with van der Waals surface area (Å²) < 4.78 is 4.77. The third kappa shape index (κ3) is 3.93. The first-order valence-corrected chi connectivity index (χ1v) is 5.33. The van der Waals surface area contributed by atoms with Crippen LogP contribution in [0, 0.1) is 17.8 Å². The van der Waals surface area contributed by atoms with Crippen molar-refractivity contribution in [2.24, 2.45) is 5.41 Å². The lowest BCUT2D eigenvalue weighted by molar-refractivity contribution is -0.167. The molecule has 1 atom stereocenters. The van der Waals surface area contributed by atoms with E-state index in [4.69, 9.17) is 16.3 Å². The second-order valence-electron chi connectivity index (χ2n) is 3.77. The van der Waals surface area contributed by atoms with Gasteiger partial charge in [-0.15, -0.1) is 12.3 Å². The van der Waals surface area contributed by atoms with Gasteiger partial charge in [0.25, 0.3) is 0 Å². The third-order valence-corrected chi connectivity index (χ3v) is 2.45. The Morgan fingerprint density at radius 1 is 1.44 bits per heavy atom. The maximum absolute atomic E-state index is 11.5. The number of carbonyl (C=O) groups excluding carboxylic acids is 1. The Morgan fingerprint density at radius 3 is 2.50 bits per heavy atom. The summed E-state index contributed by atoms with van der Waals surface area (Å²) in [5.74, 6) is 0.650. The van der Waals surface area contributed by atoms with Gasteiger partial charge in [0, 0.05) is 6.42 Å². The van der Waals surface area contributed by atoms with E-state index in [0.29, 0.717) is 12.8 Å².